The minimum Gasteiger partial charge on any atom is -0.431 e. The maximum Gasteiger partial charge on any atom is 0.573 e. The van der Waals surface area contributed by atoms with Gasteiger partial charge in [-0.2, -0.15) is 8.78 Å². The Morgan fingerprint density at radius 3 is 1.88 bits per heavy atom. The molecule has 0 aromatic heterocycles. The van der Waals surface area contributed by atoms with Gasteiger partial charge in [0, 0.05) is 12.1 Å². The molecule has 17 heavy (non-hydrogen) atoms. The van der Waals surface area contributed by atoms with Crippen molar-refractivity contribution in [3.8, 4) is 11.5 Å². The molecule has 0 saturated carbocycles. The van der Waals surface area contributed by atoms with Crippen LogP contribution in [0.25, 0.3) is 0 Å². The summed E-state index contributed by atoms with van der Waals surface area (Å²) in [6, 6.07) is 1.34. The highest BCUT2D eigenvalue weighted by atomic mass is 35.5. The first-order valence-electron chi connectivity index (χ1n) is 3.88. The summed E-state index contributed by atoms with van der Waals surface area (Å²) in [6.45, 7) is -3.32. The van der Waals surface area contributed by atoms with Crippen LogP contribution in [-0.4, -0.2) is 13.0 Å². The lowest BCUT2D eigenvalue weighted by Gasteiger charge is -2.14. The van der Waals surface area contributed by atoms with E-state index in [-0.39, 0.29) is 10.0 Å². The SMILES string of the molecule is FC(F)Oc1cc(Cl)c(Cl)cc1OC(F)(F)F. The molecule has 0 bridgehead atoms. The predicted octanol–water partition coefficient (Wildman–Crippen LogP) is 4.49. The van der Waals surface area contributed by atoms with Crippen LogP contribution in [0, 0.1) is 0 Å². The van der Waals surface area contributed by atoms with Gasteiger partial charge in [-0.15, -0.1) is 13.2 Å². The highest BCUT2D eigenvalue weighted by Gasteiger charge is 2.33. The third-order valence-corrected chi connectivity index (χ3v) is 2.15. The van der Waals surface area contributed by atoms with Gasteiger partial charge in [0.2, 0.25) is 0 Å². The number of rotatable bonds is 3. The smallest absolute Gasteiger partial charge is 0.431 e. The largest absolute Gasteiger partial charge is 0.573 e. The molecular weight excluding hydrogens is 294 g/mol. The first kappa shape index (κ1) is 14.1. The number of alkyl halides is 5. The maximum absolute atomic E-state index is 11.9. The number of hydrogen-bond acceptors (Lipinski definition) is 2. The fourth-order valence-electron chi connectivity index (χ4n) is 0.903. The van der Waals surface area contributed by atoms with Crippen molar-refractivity contribution in [1.29, 1.82) is 0 Å². The van der Waals surface area contributed by atoms with Crippen LogP contribution in [-0.2, 0) is 0 Å². The normalized spacial score (nSPS) is 11.8. The second-order valence-corrected chi connectivity index (χ2v) is 3.45. The lowest BCUT2D eigenvalue weighted by molar-refractivity contribution is -0.275. The van der Waals surface area contributed by atoms with E-state index >= 15 is 0 Å². The van der Waals surface area contributed by atoms with E-state index in [9.17, 15) is 22.0 Å². The van der Waals surface area contributed by atoms with Gasteiger partial charge in [-0.1, -0.05) is 23.2 Å². The van der Waals surface area contributed by atoms with Gasteiger partial charge >= 0.3 is 13.0 Å². The lowest BCUT2D eigenvalue weighted by atomic mass is 10.3. The molecule has 1 aromatic rings. The number of benzene rings is 1. The van der Waals surface area contributed by atoms with E-state index in [1.165, 1.54) is 0 Å². The minimum absolute atomic E-state index is 0.239. The molecule has 2 nitrogen and oxygen atoms in total. The summed E-state index contributed by atoms with van der Waals surface area (Å²) in [5.74, 6) is -1.85. The van der Waals surface area contributed by atoms with E-state index in [1.807, 2.05) is 0 Å². The molecule has 0 spiro atoms. The van der Waals surface area contributed by atoms with Crippen LogP contribution in [0.2, 0.25) is 10.0 Å². The number of halogens is 7. The topological polar surface area (TPSA) is 18.5 Å². The Morgan fingerprint density at radius 2 is 1.47 bits per heavy atom. The zero-order valence-corrected chi connectivity index (χ0v) is 9.21. The summed E-state index contributed by atoms with van der Waals surface area (Å²) < 4.78 is 67.0. The third-order valence-electron chi connectivity index (χ3n) is 1.43. The molecule has 0 fully saturated rings. The van der Waals surface area contributed by atoms with Gasteiger partial charge in [0.05, 0.1) is 10.0 Å². The van der Waals surface area contributed by atoms with E-state index in [0.29, 0.717) is 12.1 Å². The van der Waals surface area contributed by atoms with Crippen molar-refractivity contribution >= 4 is 23.2 Å². The Labute approximate surface area is 102 Å². The summed E-state index contributed by atoms with van der Waals surface area (Å²) in [4.78, 5) is 0. The lowest BCUT2D eigenvalue weighted by Crippen LogP contribution is -2.18. The molecule has 0 aliphatic carbocycles. The Balaban J connectivity index is 3.11. The van der Waals surface area contributed by atoms with Crippen LogP contribution in [0.1, 0.15) is 0 Å². The standard InChI is InChI=1S/C8H3Cl2F5O2/c9-3-1-5(16-7(11)12)6(2-4(3)10)17-8(13,14)15/h1-2,7H. The van der Waals surface area contributed by atoms with Crippen LogP contribution >= 0.6 is 23.2 Å². The van der Waals surface area contributed by atoms with E-state index in [4.69, 9.17) is 23.2 Å². The van der Waals surface area contributed by atoms with Gasteiger partial charge in [0.25, 0.3) is 0 Å². The second kappa shape index (κ2) is 5.14. The molecule has 1 rings (SSSR count). The molecule has 0 amide bonds. The first-order valence-corrected chi connectivity index (χ1v) is 4.64. The zero-order valence-electron chi connectivity index (χ0n) is 7.69. The fraction of sp³-hybridized carbons (Fsp3) is 0.250. The van der Waals surface area contributed by atoms with Crippen molar-refractivity contribution < 1.29 is 31.4 Å². The van der Waals surface area contributed by atoms with E-state index in [1.54, 1.807) is 0 Å². The van der Waals surface area contributed by atoms with Gasteiger partial charge in [-0.3, -0.25) is 0 Å². The summed E-state index contributed by atoms with van der Waals surface area (Å²) in [5.41, 5.74) is 0. The number of ether oxygens (including phenoxy) is 2. The van der Waals surface area contributed by atoms with Crippen LogP contribution in [0.4, 0.5) is 22.0 Å². The Bertz CT molecular complexity index is 408. The Kier molecular flexibility index (Phi) is 4.26. The van der Waals surface area contributed by atoms with Crippen LogP contribution in [0.5, 0.6) is 11.5 Å². The van der Waals surface area contributed by atoms with Gasteiger partial charge in [0.1, 0.15) is 0 Å². The monoisotopic (exact) mass is 296 g/mol. The first-order chi connectivity index (χ1) is 7.69. The molecule has 0 radical (unpaired) electrons. The van der Waals surface area contributed by atoms with Gasteiger partial charge in [-0.05, 0) is 0 Å². The zero-order chi connectivity index (χ0) is 13.2. The van der Waals surface area contributed by atoms with Crippen molar-refractivity contribution in [2.75, 3.05) is 0 Å². The van der Waals surface area contributed by atoms with Crippen molar-refractivity contribution in [2.45, 2.75) is 13.0 Å². The van der Waals surface area contributed by atoms with E-state index in [2.05, 4.69) is 9.47 Å². The summed E-state index contributed by atoms with van der Waals surface area (Å²) >= 11 is 10.9. The third kappa shape index (κ3) is 4.43. The van der Waals surface area contributed by atoms with E-state index < -0.39 is 24.5 Å². The molecule has 96 valence electrons. The van der Waals surface area contributed by atoms with Gasteiger partial charge < -0.3 is 9.47 Å². The molecular formula is C8H3Cl2F5O2. The average Bonchev–Trinajstić information content (AvgIpc) is 2.10. The predicted molar refractivity (Wildman–Crippen MR) is 49.8 cm³/mol. The Hall–Kier alpha value is -0.950. The average molecular weight is 297 g/mol. The maximum atomic E-state index is 11.9. The number of hydrogen-bond donors (Lipinski definition) is 0. The van der Waals surface area contributed by atoms with Crippen LogP contribution in [0.15, 0.2) is 12.1 Å². The summed E-state index contributed by atoms with van der Waals surface area (Å²) in [6.07, 6.45) is -5.06. The van der Waals surface area contributed by atoms with Crippen LogP contribution < -0.4 is 9.47 Å². The molecule has 1 aromatic carbocycles. The van der Waals surface area contributed by atoms with Gasteiger partial charge in [-0.25, -0.2) is 0 Å². The molecule has 0 N–H and O–H groups in total. The van der Waals surface area contributed by atoms with Crippen molar-refractivity contribution in [2.24, 2.45) is 0 Å². The second-order valence-electron chi connectivity index (χ2n) is 2.64. The van der Waals surface area contributed by atoms with Crippen LogP contribution in [0.3, 0.4) is 0 Å². The summed E-state index contributed by atoms with van der Waals surface area (Å²) in [7, 11) is 0. The molecule has 9 heteroatoms. The molecule has 0 heterocycles. The highest BCUT2D eigenvalue weighted by Crippen LogP contribution is 2.39. The minimum atomic E-state index is -5.06. The van der Waals surface area contributed by atoms with Crippen molar-refractivity contribution in [3.05, 3.63) is 22.2 Å². The quantitative estimate of drug-likeness (QED) is 0.765. The molecule has 0 aliphatic rings. The van der Waals surface area contributed by atoms with Gasteiger partial charge in [0.15, 0.2) is 11.5 Å². The summed E-state index contributed by atoms with van der Waals surface area (Å²) in [5, 5.41) is -0.524. The molecule has 0 aliphatic heterocycles. The Morgan fingerprint density at radius 1 is 1.00 bits per heavy atom. The fourth-order valence-corrected chi connectivity index (χ4v) is 1.21. The molecule has 0 atom stereocenters. The van der Waals surface area contributed by atoms with Crippen molar-refractivity contribution in [3.63, 3.8) is 0 Å². The van der Waals surface area contributed by atoms with Crippen molar-refractivity contribution in [1.82, 2.24) is 0 Å². The molecule has 0 saturated heterocycles. The van der Waals surface area contributed by atoms with E-state index in [0.717, 1.165) is 0 Å². The molecule has 0 unspecified atom stereocenters. The highest BCUT2D eigenvalue weighted by molar-refractivity contribution is 6.42.